The fraction of sp³-hybridized carbons (Fsp3) is 0.364. The van der Waals surface area contributed by atoms with E-state index in [4.69, 9.17) is 0 Å². The van der Waals surface area contributed by atoms with Crippen molar-refractivity contribution in [1.29, 1.82) is 0 Å². The Morgan fingerprint density at radius 2 is 1.57 bits per heavy atom. The molecule has 1 fully saturated rings. The second-order valence-corrected chi connectivity index (χ2v) is 7.37. The molecule has 2 amide bonds. The summed E-state index contributed by atoms with van der Waals surface area (Å²) in [6.07, 6.45) is 5.04. The summed E-state index contributed by atoms with van der Waals surface area (Å²) in [5.74, 6) is -0.290. The lowest BCUT2D eigenvalue weighted by Gasteiger charge is -2.36. The number of carbonyl (C=O) groups excluding carboxylic acids is 2. The second-order valence-electron chi connectivity index (χ2n) is 7.37. The standard InChI is InChI=1S/C22H24FN5O2/c1-2-3-11-28-20(29)18(16-5-7-17(23)8-6-16)19(21(28)30)26-12-14-27(15-13-26)22-24-9-4-10-25-22/h4-10H,2-3,11-15H2,1H3. The summed E-state index contributed by atoms with van der Waals surface area (Å²) >= 11 is 0. The van der Waals surface area contributed by atoms with Crippen LogP contribution in [0.1, 0.15) is 25.3 Å². The first-order valence-electron chi connectivity index (χ1n) is 10.2. The van der Waals surface area contributed by atoms with E-state index in [-0.39, 0.29) is 17.6 Å². The van der Waals surface area contributed by atoms with Crippen molar-refractivity contribution < 1.29 is 14.0 Å². The van der Waals surface area contributed by atoms with E-state index >= 15 is 0 Å². The van der Waals surface area contributed by atoms with Gasteiger partial charge in [0.1, 0.15) is 11.5 Å². The van der Waals surface area contributed by atoms with Gasteiger partial charge in [-0.05, 0) is 30.2 Å². The van der Waals surface area contributed by atoms with Gasteiger partial charge in [-0.3, -0.25) is 14.5 Å². The Labute approximate surface area is 174 Å². The molecular weight excluding hydrogens is 385 g/mol. The molecule has 156 valence electrons. The summed E-state index contributed by atoms with van der Waals surface area (Å²) in [5.41, 5.74) is 1.34. The summed E-state index contributed by atoms with van der Waals surface area (Å²) in [4.78, 5) is 40.3. The van der Waals surface area contributed by atoms with E-state index in [1.54, 1.807) is 30.6 Å². The third-order valence-corrected chi connectivity index (χ3v) is 5.44. The Morgan fingerprint density at radius 1 is 0.933 bits per heavy atom. The lowest BCUT2D eigenvalue weighted by Crippen LogP contribution is -2.48. The lowest BCUT2D eigenvalue weighted by atomic mass is 10.0. The molecule has 7 nitrogen and oxygen atoms in total. The third kappa shape index (κ3) is 3.77. The predicted octanol–water partition coefficient (Wildman–Crippen LogP) is 2.32. The fourth-order valence-electron chi connectivity index (χ4n) is 3.84. The maximum Gasteiger partial charge on any atom is 0.277 e. The van der Waals surface area contributed by atoms with Crippen LogP contribution in [-0.4, -0.2) is 64.3 Å². The van der Waals surface area contributed by atoms with Gasteiger partial charge in [-0.25, -0.2) is 14.4 Å². The molecule has 1 saturated heterocycles. The molecule has 1 aromatic carbocycles. The lowest BCUT2D eigenvalue weighted by molar-refractivity contribution is -0.137. The first-order valence-corrected chi connectivity index (χ1v) is 10.2. The van der Waals surface area contributed by atoms with Crippen LogP contribution in [0.2, 0.25) is 0 Å². The van der Waals surface area contributed by atoms with Crippen LogP contribution in [0.3, 0.4) is 0 Å². The number of hydrogen-bond acceptors (Lipinski definition) is 6. The first-order chi connectivity index (χ1) is 14.6. The zero-order chi connectivity index (χ0) is 21.1. The molecule has 0 unspecified atom stereocenters. The van der Waals surface area contributed by atoms with E-state index in [2.05, 4.69) is 14.9 Å². The van der Waals surface area contributed by atoms with Crippen molar-refractivity contribution in [2.75, 3.05) is 37.6 Å². The van der Waals surface area contributed by atoms with Gasteiger partial charge in [0, 0.05) is 45.1 Å². The van der Waals surface area contributed by atoms with Crippen molar-refractivity contribution in [2.45, 2.75) is 19.8 Å². The molecule has 3 heterocycles. The van der Waals surface area contributed by atoms with E-state index in [1.165, 1.54) is 17.0 Å². The Morgan fingerprint density at radius 3 is 2.20 bits per heavy atom. The number of nitrogens with zero attached hydrogens (tertiary/aromatic N) is 5. The van der Waals surface area contributed by atoms with Gasteiger partial charge in [0.2, 0.25) is 5.95 Å². The number of halogens is 1. The van der Waals surface area contributed by atoms with Gasteiger partial charge in [-0.15, -0.1) is 0 Å². The molecule has 8 heteroatoms. The number of rotatable bonds is 6. The maximum atomic E-state index is 13.4. The summed E-state index contributed by atoms with van der Waals surface area (Å²) in [7, 11) is 0. The van der Waals surface area contributed by atoms with Crippen LogP contribution in [0.25, 0.3) is 5.57 Å². The van der Waals surface area contributed by atoms with Crippen LogP contribution in [0, 0.1) is 5.82 Å². The molecule has 0 atom stereocenters. The van der Waals surface area contributed by atoms with Crippen molar-refractivity contribution in [3.05, 3.63) is 59.8 Å². The van der Waals surface area contributed by atoms with Crippen LogP contribution in [0.15, 0.2) is 48.4 Å². The van der Waals surface area contributed by atoms with Gasteiger partial charge < -0.3 is 9.80 Å². The van der Waals surface area contributed by atoms with Gasteiger partial charge in [0.15, 0.2) is 0 Å². The average molecular weight is 409 g/mol. The average Bonchev–Trinajstić information content (AvgIpc) is 3.03. The third-order valence-electron chi connectivity index (χ3n) is 5.44. The van der Waals surface area contributed by atoms with Crippen LogP contribution in [-0.2, 0) is 9.59 Å². The molecule has 4 rings (SSSR count). The van der Waals surface area contributed by atoms with Crippen LogP contribution in [0.4, 0.5) is 10.3 Å². The van der Waals surface area contributed by atoms with Crippen molar-refractivity contribution in [3.63, 3.8) is 0 Å². The molecule has 0 aliphatic carbocycles. The molecule has 0 spiro atoms. The first kappa shape index (κ1) is 20.0. The molecule has 0 N–H and O–H groups in total. The number of carbonyl (C=O) groups is 2. The summed E-state index contributed by atoms with van der Waals surface area (Å²) < 4.78 is 13.4. The Kier molecular flexibility index (Phi) is 5.74. The minimum Gasteiger partial charge on any atom is -0.363 e. The van der Waals surface area contributed by atoms with E-state index in [9.17, 15) is 14.0 Å². The number of amides is 2. The molecular formula is C22H24FN5O2. The largest absolute Gasteiger partial charge is 0.363 e. The number of hydrogen-bond donors (Lipinski definition) is 0. The zero-order valence-electron chi connectivity index (χ0n) is 16.9. The van der Waals surface area contributed by atoms with Crippen molar-refractivity contribution in [2.24, 2.45) is 0 Å². The number of anilines is 1. The highest BCUT2D eigenvalue weighted by atomic mass is 19.1. The van der Waals surface area contributed by atoms with Gasteiger partial charge in [-0.2, -0.15) is 0 Å². The molecule has 2 aliphatic heterocycles. The monoisotopic (exact) mass is 409 g/mol. The Bertz CT molecular complexity index is 953. The Hall–Kier alpha value is -3.29. The fourth-order valence-corrected chi connectivity index (χ4v) is 3.84. The molecule has 0 radical (unpaired) electrons. The summed E-state index contributed by atoms with van der Waals surface area (Å²) in [6.45, 7) is 4.82. The van der Waals surface area contributed by atoms with Gasteiger partial charge in [0.25, 0.3) is 11.8 Å². The molecule has 0 saturated carbocycles. The van der Waals surface area contributed by atoms with E-state index in [0.29, 0.717) is 55.5 Å². The minimum atomic E-state index is -0.378. The van der Waals surface area contributed by atoms with E-state index in [1.807, 2.05) is 11.8 Å². The van der Waals surface area contributed by atoms with Crippen molar-refractivity contribution >= 4 is 23.3 Å². The number of piperazine rings is 1. The van der Waals surface area contributed by atoms with Gasteiger partial charge in [-0.1, -0.05) is 25.5 Å². The Balaban J connectivity index is 1.62. The SMILES string of the molecule is CCCCN1C(=O)C(c2ccc(F)cc2)=C(N2CCN(c3ncccn3)CC2)C1=O. The molecule has 0 bridgehead atoms. The molecule has 1 aromatic heterocycles. The summed E-state index contributed by atoms with van der Waals surface area (Å²) in [6, 6.07) is 7.53. The quantitative estimate of drug-likeness (QED) is 0.682. The predicted molar refractivity (Wildman–Crippen MR) is 111 cm³/mol. The number of benzene rings is 1. The molecule has 2 aliphatic rings. The van der Waals surface area contributed by atoms with Crippen LogP contribution >= 0.6 is 0 Å². The second kappa shape index (κ2) is 8.61. The number of aromatic nitrogens is 2. The zero-order valence-corrected chi connectivity index (χ0v) is 16.9. The van der Waals surface area contributed by atoms with Gasteiger partial charge in [0.05, 0.1) is 5.57 Å². The smallest absolute Gasteiger partial charge is 0.277 e. The minimum absolute atomic E-state index is 0.266. The highest BCUT2D eigenvalue weighted by Gasteiger charge is 2.41. The van der Waals surface area contributed by atoms with Gasteiger partial charge >= 0.3 is 0 Å². The van der Waals surface area contributed by atoms with E-state index < -0.39 is 0 Å². The van der Waals surface area contributed by atoms with Crippen molar-refractivity contribution in [3.8, 4) is 0 Å². The normalized spacial score (nSPS) is 17.3. The number of imide groups is 1. The molecule has 30 heavy (non-hydrogen) atoms. The topological polar surface area (TPSA) is 69.6 Å². The maximum absolute atomic E-state index is 13.4. The van der Waals surface area contributed by atoms with Crippen molar-refractivity contribution in [1.82, 2.24) is 19.8 Å². The highest BCUT2D eigenvalue weighted by Crippen LogP contribution is 2.32. The number of unbranched alkanes of at least 4 members (excludes halogenated alkanes) is 1. The summed E-state index contributed by atoms with van der Waals surface area (Å²) in [5, 5.41) is 0. The van der Waals surface area contributed by atoms with E-state index in [0.717, 1.165) is 12.8 Å². The van der Waals surface area contributed by atoms with Crippen LogP contribution < -0.4 is 4.90 Å². The molecule has 2 aromatic rings. The van der Waals surface area contributed by atoms with Crippen LogP contribution in [0.5, 0.6) is 0 Å². The highest BCUT2D eigenvalue weighted by molar-refractivity contribution is 6.35.